The van der Waals surface area contributed by atoms with Crippen molar-refractivity contribution >= 4 is 5.97 Å². The van der Waals surface area contributed by atoms with Crippen molar-refractivity contribution in [2.75, 3.05) is 19.8 Å². The molecule has 1 aliphatic rings. The fraction of sp³-hybridized carbons (Fsp3) is 0.625. The predicted octanol–water partition coefficient (Wildman–Crippen LogP) is 0.752. The van der Waals surface area contributed by atoms with Gasteiger partial charge in [-0.1, -0.05) is 13.5 Å². The van der Waals surface area contributed by atoms with Crippen LogP contribution in [0.5, 0.6) is 0 Å². The Morgan fingerprint density at radius 2 is 2.27 bits per heavy atom. The summed E-state index contributed by atoms with van der Waals surface area (Å²) >= 11 is 0. The predicted molar refractivity (Wildman–Crippen MR) is 40.1 cm³/mol. The van der Waals surface area contributed by atoms with Gasteiger partial charge in [0.2, 0.25) is 0 Å². The summed E-state index contributed by atoms with van der Waals surface area (Å²) < 4.78 is 10.1. The van der Waals surface area contributed by atoms with Gasteiger partial charge < -0.3 is 9.47 Å². The Bertz CT molecular complexity index is 174. The van der Waals surface area contributed by atoms with Crippen LogP contribution in [0.2, 0.25) is 0 Å². The molecule has 3 heteroatoms. The Labute approximate surface area is 66.0 Å². The first-order valence-electron chi connectivity index (χ1n) is 3.63. The number of hydrogen-bond donors (Lipinski definition) is 0. The van der Waals surface area contributed by atoms with E-state index < -0.39 is 0 Å². The van der Waals surface area contributed by atoms with E-state index in [0.29, 0.717) is 25.4 Å². The number of rotatable bonds is 0. The molecule has 0 spiro atoms. The highest BCUT2D eigenvalue weighted by atomic mass is 16.5. The number of ether oxygens (including phenoxy) is 2. The lowest BCUT2D eigenvalue weighted by molar-refractivity contribution is -0.143. The fourth-order valence-electron chi connectivity index (χ4n) is 0.810. The van der Waals surface area contributed by atoms with Crippen molar-refractivity contribution in [1.82, 2.24) is 0 Å². The van der Waals surface area contributed by atoms with Crippen LogP contribution in [-0.2, 0) is 14.3 Å². The van der Waals surface area contributed by atoms with Gasteiger partial charge in [-0.15, -0.1) is 0 Å². The molecule has 0 radical (unpaired) electrons. The van der Waals surface area contributed by atoms with Gasteiger partial charge in [0.15, 0.2) is 0 Å². The van der Waals surface area contributed by atoms with Crippen LogP contribution in [0.1, 0.15) is 6.92 Å². The quantitative estimate of drug-likeness (QED) is 0.383. The summed E-state index contributed by atoms with van der Waals surface area (Å²) in [5, 5.41) is 0. The van der Waals surface area contributed by atoms with Crippen molar-refractivity contribution in [3.8, 4) is 0 Å². The lowest BCUT2D eigenvalue weighted by Gasteiger charge is -2.17. The fourth-order valence-corrected chi connectivity index (χ4v) is 0.810. The molecule has 1 saturated heterocycles. The van der Waals surface area contributed by atoms with Crippen molar-refractivity contribution < 1.29 is 14.3 Å². The van der Waals surface area contributed by atoms with E-state index in [-0.39, 0.29) is 11.9 Å². The lowest BCUT2D eigenvalue weighted by Crippen LogP contribution is -2.23. The molecule has 3 nitrogen and oxygen atoms in total. The monoisotopic (exact) mass is 156 g/mol. The van der Waals surface area contributed by atoms with Gasteiger partial charge in [-0.2, -0.15) is 0 Å². The van der Waals surface area contributed by atoms with Gasteiger partial charge in [-0.25, -0.2) is 4.79 Å². The third-order valence-electron chi connectivity index (χ3n) is 1.47. The number of carbonyl (C=O) groups is 1. The van der Waals surface area contributed by atoms with E-state index in [0.717, 1.165) is 0 Å². The number of cyclic esters (lactones) is 1. The molecular weight excluding hydrogens is 144 g/mol. The SMILES string of the molecule is C=C1COCC(C)COC1=O. The molecule has 0 aromatic heterocycles. The normalized spacial score (nSPS) is 27.2. The first-order valence-corrected chi connectivity index (χ1v) is 3.63. The summed E-state index contributed by atoms with van der Waals surface area (Å²) in [5.74, 6) is -0.0522. The Hall–Kier alpha value is -0.830. The molecule has 1 unspecified atom stereocenters. The van der Waals surface area contributed by atoms with Crippen molar-refractivity contribution in [2.24, 2.45) is 5.92 Å². The van der Waals surface area contributed by atoms with Crippen LogP contribution in [-0.4, -0.2) is 25.8 Å². The third kappa shape index (κ3) is 2.35. The van der Waals surface area contributed by atoms with E-state index in [4.69, 9.17) is 9.47 Å². The van der Waals surface area contributed by atoms with E-state index in [9.17, 15) is 4.79 Å². The van der Waals surface area contributed by atoms with Gasteiger partial charge in [0.05, 0.1) is 25.4 Å². The number of carbonyl (C=O) groups excluding carboxylic acids is 1. The highest BCUT2D eigenvalue weighted by Gasteiger charge is 2.15. The maximum atomic E-state index is 10.9. The van der Waals surface area contributed by atoms with Crippen LogP contribution in [0.25, 0.3) is 0 Å². The topological polar surface area (TPSA) is 35.5 Å². The van der Waals surface area contributed by atoms with Crippen LogP contribution >= 0.6 is 0 Å². The zero-order chi connectivity index (χ0) is 8.27. The summed E-state index contributed by atoms with van der Waals surface area (Å²) in [7, 11) is 0. The molecule has 0 aromatic rings. The van der Waals surface area contributed by atoms with Crippen LogP contribution in [0.4, 0.5) is 0 Å². The molecule has 0 N–H and O–H groups in total. The third-order valence-corrected chi connectivity index (χ3v) is 1.47. The summed E-state index contributed by atoms with van der Waals surface area (Å²) in [6, 6.07) is 0. The second-order valence-electron chi connectivity index (χ2n) is 2.82. The highest BCUT2D eigenvalue weighted by molar-refractivity contribution is 5.88. The standard InChI is InChI=1S/C8H12O3/c1-6-3-10-5-7(2)8(9)11-4-6/h6H,2-5H2,1H3. The Morgan fingerprint density at radius 1 is 1.55 bits per heavy atom. The Balaban J connectivity index is 2.47. The van der Waals surface area contributed by atoms with Crippen molar-refractivity contribution in [3.05, 3.63) is 12.2 Å². The van der Waals surface area contributed by atoms with Gasteiger partial charge in [0.1, 0.15) is 0 Å². The zero-order valence-electron chi connectivity index (χ0n) is 6.63. The largest absolute Gasteiger partial charge is 0.462 e. The van der Waals surface area contributed by atoms with Crippen molar-refractivity contribution in [3.63, 3.8) is 0 Å². The summed E-state index contributed by atoms with van der Waals surface area (Å²) in [6.45, 7) is 6.85. The molecule has 1 atom stereocenters. The number of esters is 1. The van der Waals surface area contributed by atoms with E-state index in [1.807, 2.05) is 6.92 Å². The van der Waals surface area contributed by atoms with E-state index >= 15 is 0 Å². The molecule has 1 aliphatic heterocycles. The van der Waals surface area contributed by atoms with Gasteiger partial charge >= 0.3 is 5.97 Å². The van der Waals surface area contributed by atoms with Gasteiger partial charge in [0, 0.05) is 5.92 Å². The first kappa shape index (κ1) is 8.27. The second kappa shape index (κ2) is 3.53. The molecule has 0 aromatic carbocycles. The zero-order valence-corrected chi connectivity index (χ0v) is 6.63. The van der Waals surface area contributed by atoms with Gasteiger partial charge in [-0.3, -0.25) is 0 Å². The second-order valence-corrected chi connectivity index (χ2v) is 2.82. The molecule has 0 amide bonds. The highest BCUT2D eigenvalue weighted by Crippen LogP contribution is 2.06. The smallest absolute Gasteiger partial charge is 0.335 e. The van der Waals surface area contributed by atoms with Crippen LogP contribution in [0.3, 0.4) is 0 Å². The summed E-state index contributed by atoms with van der Waals surface area (Å²) in [5.41, 5.74) is 0.400. The van der Waals surface area contributed by atoms with E-state index in [2.05, 4.69) is 6.58 Å². The van der Waals surface area contributed by atoms with Gasteiger partial charge in [-0.05, 0) is 0 Å². The molecule has 1 heterocycles. The van der Waals surface area contributed by atoms with Crippen molar-refractivity contribution in [1.29, 1.82) is 0 Å². The van der Waals surface area contributed by atoms with Crippen LogP contribution in [0, 0.1) is 5.92 Å². The molecule has 0 aliphatic carbocycles. The minimum Gasteiger partial charge on any atom is -0.462 e. The van der Waals surface area contributed by atoms with Crippen molar-refractivity contribution in [2.45, 2.75) is 6.92 Å². The molecule has 1 fully saturated rings. The molecule has 0 bridgehead atoms. The minimum absolute atomic E-state index is 0.284. The lowest BCUT2D eigenvalue weighted by atomic mass is 10.2. The molecular formula is C8H12O3. The maximum absolute atomic E-state index is 10.9. The maximum Gasteiger partial charge on any atom is 0.335 e. The van der Waals surface area contributed by atoms with E-state index in [1.54, 1.807) is 0 Å². The molecule has 1 rings (SSSR count). The first-order chi connectivity index (χ1) is 5.20. The molecule has 11 heavy (non-hydrogen) atoms. The average molecular weight is 156 g/mol. The van der Waals surface area contributed by atoms with Gasteiger partial charge in [0.25, 0.3) is 0 Å². The molecule has 62 valence electrons. The van der Waals surface area contributed by atoms with Crippen LogP contribution < -0.4 is 0 Å². The average Bonchev–Trinajstić information content (AvgIpc) is 1.98. The minimum atomic E-state index is -0.337. The van der Waals surface area contributed by atoms with E-state index in [1.165, 1.54) is 0 Å². The summed E-state index contributed by atoms with van der Waals surface area (Å²) in [6.07, 6.45) is 0. The molecule has 0 saturated carbocycles. The Kier molecular flexibility index (Phi) is 2.65. The van der Waals surface area contributed by atoms with Crippen LogP contribution in [0.15, 0.2) is 12.2 Å². The number of hydrogen-bond acceptors (Lipinski definition) is 3. The summed E-state index contributed by atoms with van der Waals surface area (Å²) in [4.78, 5) is 10.9. The Morgan fingerprint density at radius 3 is 3.00 bits per heavy atom.